The van der Waals surface area contributed by atoms with Gasteiger partial charge in [0.1, 0.15) is 0 Å². The molecule has 3 aromatic rings. The molecule has 0 aliphatic heterocycles. The Hall–Kier alpha value is -2.13. The molecule has 1 aromatic carbocycles. The zero-order valence-corrected chi connectivity index (χ0v) is 10.2. The Morgan fingerprint density at radius 3 is 2.56 bits per heavy atom. The summed E-state index contributed by atoms with van der Waals surface area (Å²) in [6, 6.07) is 13.5. The van der Waals surface area contributed by atoms with Gasteiger partial charge in [0.15, 0.2) is 0 Å². The molecule has 0 radical (unpaired) electrons. The smallest absolute Gasteiger partial charge is 0.0942 e. The van der Waals surface area contributed by atoms with Crippen LogP contribution < -0.4 is 0 Å². The molecule has 0 unspecified atom stereocenters. The lowest BCUT2D eigenvalue weighted by molar-refractivity contribution is 1.10. The number of nitrogens with zero attached hydrogens (tertiary/aromatic N) is 2. The minimum Gasteiger partial charge on any atom is -0.277 e. The molecular formula is C14H10ClN3. The van der Waals surface area contributed by atoms with Crippen molar-refractivity contribution in [3.05, 3.63) is 59.9 Å². The van der Waals surface area contributed by atoms with Crippen molar-refractivity contribution in [2.24, 2.45) is 0 Å². The Kier molecular flexibility index (Phi) is 2.82. The summed E-state index contributed by atoms with van der Waals surface area (Å²) in [5.74, 6) is 0. The molecule has 4 heteroatoms. The molecule has 0 aliphatic carbocycles. The van der Waals surface area contributed by atoms with Crippen LogP contribution in [0, 0.1) is 0 Å². The van der Waals surface area contributed by atoms with Gasteiger partial charge in [-0.3, -0.25) is 10.1 Å². The van der Waals surface area contributed by atoms with Crippen molar-refractivity contribution in [1.29, 1.82) is 0 Å². The molecule has 0 bridgehead atoms. The second kappa shape index (κ2) is 4.63. The van der Waals surface area contributed by atoms with Gasteiger partial charge in [0, 0.05) is 23.0 Å². The van der Waals surface area contributed by atoms with E-state index in [-0.39, 0.29) is 0 Å². The Labute approximate surface area is 109 Å². The van der Waals surface area contributed by atoms with Gasteiger partial charge in [-0.05, 0) is 35.9 Å². The molecule has 2 heterocycles. The third-order valence-corrected chi connectivity index (χ3v) is 2.94. The molecule has 3 rings (SSSR count). The molecule has 2 aromatic heterocycles. The fraction of sp³-hybridized carbons (Fsp3) is 0. The summed E-state index contributed by atoms with van der Waals surface area (Å²) >= 11 is 5.87. The molecule has 0 spiro atoms. The second-order valence-electron chi connectivity index (χ2n) is 3.92. The number of pyridine rings is 1. The van der Waals surface area contributed by atoms with Gasteiger partial charge in [-0.15, -0.1) is 0 Å². The molecule has 0 saturated carbocycles. The van der Waals surface area contributed by atoms with Crippen molar-refractivity contribution >= 4 is 11.6 Å². The lowest BCUT2D eigenvalue weighted by Gasteiger charge is -1.96. The van der Waals surface area contributed by atoms with Crippen molar-refractivity contribution < 1.29 is 0 Å². The minimum atomic E-state index is 0.728. The van der Waals surface area contributed by atoms with Crippen LogP contribution in [0.1, 0.15) is 0 Å². The van der Waals surface area contributed by atoms with Crippen LogP contribution in [0.25, 0.3) is 22.5 Å². The fourth-order valence-electron chi connectivity index (χ4n) is 1.76. The van der Waals surface area contributed by atoms with E-state index in [1.54, 1.807) is 12.4 Å². The quantitative estimate of drug-likeness (QED) is 0.757. The van der Waals surface area contributed by atoms with Crippen LogP contribution in [0.5, 0.6) is 0 Å². The molecule has 88 valence electrons. The number of hydrogen-bond donors (Lipinski definition) is 1. The van der Waals surface area contributed by atoms with Crippen LogP contribution in [-0.2, 0) is 0 Å². The van der Waals surface area contributed by atoms with Gasteiger partial charge >= 0.3 is 0 Å². The molecule has 0 aliphatic rings. The van der Waals surface area contributed by atoms with Gasteiger partial charge in [0.2, 0.25) is 0 Å². The zero-order chi connectivity index (χ0) is 12.4. The average Bonchev–Trinajstić information content (AvgIpc) is 2.90. The highest BCUT2D eigenvalue weighted by Gasteiger charge is 2.05. The second-order valence-corrected chi connectivity index (χ2v) is 4.35. The average molecular weight is 256 g/mol. The first-order valence-corrected chi connectivity index (χ1v) is 5.92. The van der Waals surface area contributed by atoms with Gasteiger partial charge in [-0.1, -0.05) is 23.7 Å². The van der Waals surface area contributed by atoms with Gasteiger partial charge in [0.25, 0.3) is 0 Å². The number of halogens is 1. The lowest BCUT2D eigenvalue weighted by Crippen LogP contribution is -1.78. The Balaban J connectivity index is 1.97. The predicted molar refractivity (Wildman–Crippen MR) is 72.3 cm³/mol. The monoisotopic (exact) mass is 255 g/mol. The Bertz CT molecular complexity index is 644. The number of nitrogens with one attached hydrogen (secondary N) is 1. The maximum absolute atomic E-state index is 5.87. The number of benzene rings is 1. The van der Waals surface area contributed by atoms with Crippen molar-refractivity contribution in [2.75, 3.05) is 0 Å². The molecule has 0 saturated heterocycles. The van der Waals surface area contributed by atoms with Gasteiger partial charge in [-0.2, -0.15) is 5.10 Å². The van der Waals surface area contributed by atoms with Crippen LogP contribution in [0.15, 0.2) is 54.9 Å². The zero-order valence-electron chi connectivity index (χ0n) is 9.47. The van der Waals surface area contributed by atoms with E-state index < -0.39 is 0 Å². The van der Waals surface area contributed by atoms with Crippen LogP contribution in [0.3, 0.4) is 0 Å². The van der Waals surface area contributed by atoms with Gasteiger partial charge in [0.05, 0.1) is 11.4 Å². The molecule has 0 atom stereocenters. The first-order chi connectivity index (χ1) is 8.83. The normalized spacial score (nSPS) is 10.5. The van der Waals surface area contributed by atoms with E-state index >= 15 is 0 Å². The Morgan fingerprint density at radius 1 is 1.00 bits per heavy atom. The van der Waals surface area contributed by atoms with E-state index in [4.69, 9.17) is 11.6 Å². The summed E-state index contributed by atoms with van der Waals surface area (Å²) in [5.41, 5.74) is 3.90. The van der Waals surface area contributed by atoms with Crippen molar-refractivity contribution in [2.45, 2.75) is 0 Å². The topological polar surface area (TPSA) is 41.6 Å². The number of aromatic nitrogens is 3. The van der Waals surface area contributed by atoms with Crippen LogP contribution in [-0.4, -0.2) is 15.2 Å². The van der Waals surface area contributed by atoms with E-state index in [2.05, 4.69) is 15.2 Å². The van der Waals surface area contributed by atoms with E-state index in [1.807, 2.05) is 42.5 Å². The minimum absolute atomic E-state index is 0.728. The standard InChI is InChI=1S/C14H10ClN3/c15-12-5-3-10(4-6-12)13-8-14(18-17-13)11-2-1-7-16-9-11/h1-9H,(H,17,18). The highest BCUT2D eigenvalue weighted by Crippen LogP contribution is 2.24. The highest BCUT2D eigenvalue weighted by molar-refractivity contribution is 6.30. The molecular weight excluding hydrogens is 246 g/mol. The highest BCUT2D eigenvalue weighted by atomic mass is 35.5. The first kappa shape index (κ1) is 11.0. The van der Waals surface area contributed by atoms with Crippen molar-refractivity contribution in [1.82, 2.24) is 15.2 Å². The molecule has 1 N–H and O–H groups in total. The van der Waals surface area contributed by atoms with Crippen LogP contribution >= 0.6 is 11.6 Å². The van der Waals surface area contributed by atoms with Gasteiger partial charge in [-0.25, -0.2) is 0 Å². The predicted octanol–water partition coefficient (Wildman–Crippen LogP) is 3.79. The summed E-state index contributed by atoms with van der Waals surface area (Å²) in [6.07, 6.45) is 3.54. The first-order valence-electron chi connectivity index (χ1n) is 5.55. The maximum atomic E-state index is 5.87. The summed E-state index contributed by atoms with van der Waals surface area (Å²) < 4.78 is 0. The van der Waals surface area contributed by atoms with Crippen LogP contribution in [0.2, 0.25) is 5.02 Å². The Morgan fingerprint density at radius 2 is 1.83 bits per heavy atom. The molecule has 3 nitrogen and oxygen atoms in total. The third-order valence-electron chi connectivity index (χ3n) is 2.69. The summed E-state index contributed by atoms with van der Waals surface area (Å²) in [4.78, 5) is 4.08. The third kappa shape index (κ3) is 2.13. The summed E-state index contributed by atoms with van der Waals surface area (Å²) in [7, 11) is 0. The summed E-state index contributed by atoms with van der Waals surface area (Å²) in [5, 5.41) is 8.03. The molecule has 18 heavy (non-hydrogen) atoms. The number of aromatic amines is 1. The maximum Gasteiger partial charge on any atom is 0.0942 e. The van der Waals surface area contributed by atoms with Crippen LogP contribution in [0.4, 0.5) is 0 Å². The number of rotatable bonds is 2. The van der Waals surface area contributed by atoms with E-state index in [0.29, 0.717) is 0 Å². The van der Waals surface area contributed by atoms with E-state index in [9.17, 15) is 0 Å². The van der Waals surface area contributed by atoms with E-state index in [1.165, 1.54) is 0 Å². The van der Waals surface area contributed by atoms with Crippen molar-refractivity contribution in [3.63, 3.8) is 0 Å². The van der Waals surface area contributed by atoms with E-state index in [0.717, 1.165) is 27.5 Å². The van der Waals surface area contributed by atoms with Gasteiger partial charge < -0.3 is 0 Å². The lowest BCUT2D eigenvalue weighted by atomic mass is 10.1. The number of H-pyrrole nitrogens is 1. The largest absolute Gasteiger partial charge is 0.277 e. The molecule has 0 amide bonds. The summed E-state index contributed by atoms with van der Waals surface area (Å²) in [6.45, 7) is 0. The number of hydrogen-bond acceptors (Lipinski definition) is 2. The fourth-order valence-corrected chi connectivity index (χ4v) is 1.89. The van der Waals surface area contributed by atoms with Crippen molar-refractivity contribution in [3.8, 4) is 22.5 Å². The molecule has 0 fully saturated rings. The SMILES string of the molecule is Clc1ccc(-c2cc(-c3cccnc3)n[nH]2)cc1.